The van der Waals surface area contributed by atoms with Crippen molar-refractivity contribution in [1.29, 1.82) is 0 Å². The minimum absolute atomic E-state index is 0.297. The van der Waals surface area contributed by atoms with Gasteiger partial charge in [0.15, 0.2) is 0 Å². The van der Waals surface area contributed by atoms with Gasteiger partial charge in [0.25, 0.3) is 0 Å². The van der Waals surface area contributed by atoms with E-state index < -0.39 is 17.2 Å². The number of hydrogen-bond acceptors (Lipinski definition) is 7. The molecule has 2 unspecified atom stereocenters. The Labute approximate surface area is 198 Å². The first kappa shape index (κ1) is 27.2. The molecule has 3 rings (SSSR count). The van der Waals surface area contributed by atoms with Gasteiger partial charge in [-0.15, -0.1) is 11.8 Å². The van der Waals surface area contributed by atoms with Gasteiger partial charge in [0.05, 0.1) is 11.1 Å². The van der Waals surface area contributed by atoms with E-state index in [4.69, 9.17) is 10.6 Å². The number of thioether (sulfide) groups is 1. The highest BCUT2D eigenvalue weighted by Gasteiger charge is 2.45. The van der Waals surface area contributed by atoms with E-state index in [0.717, 1.165) is 23.3 Å². The van der Waals surface area contributed by atoms with Gasteiger partial charge in [-0.1, -0.05) is 33.3 Å². The maximum atomic E-state index is 10.8. The standard InChI is InChI=1S/C22H35N3O3S.C3H8/c1-7-14-8-18-15(10-20(14)29-6)9-19(28-18)17(26)13-24(23)12-16-11-21(2,3)25(27)22(16,4)5;1-3-2/h8,10-11,17,19,26-27H,7,9,12-13,23H2,1-6H3;3H2,1-2H3. The normalized spacial score (nSPS) is 22.1. The molecule has 2 atom stereocenters. The fraction of sp³-hybridized carbons (Fsp3) is 0.680. The molecule has 4 N–H and O–H groups in total. The monoisotopic (exact) mass is 465 g/mol. The van der Waals surface area contributed by atoms with Crippen molar-refractivity contribution in [3.8, 4) is 5.75 Å². The summed E-state index contributed by atoms with van der Waals surface area (Å²) < 4.78 is 6.07. The second-order valence-electron chi connectivity index (χ2n) is 9.88. The molecule has 1 aromatic rings. The van der Waals surface area contributed by atoms with E-state index in [9.17, 15) is 10.3 Å². The van der Waals surface area contributed by atoms with Gasteiger partial charge in [-0.25, -0.2) is 5.01 Å². The van der Waals surface area contributed by atoms with Crippen LogP contribution in [0.2, 0.25) is 0 Å². The van der Waals surface area contributed by atoms with Gasteiger partial charge >= 0.3 is 0 Å². The van der Waals surface area contributed by atoms with Crippen molar-refractivity contribution in [3.63, 3.8) is 0 Å². The summed E-state index contributed by atoms with van der Waals surface area (Å²) in [5.41, 5.74) is 2.51. The van der Waals surface area contributed by atoms with E-state index in [2.05, 4.69) is 45.2 Å². The molecule has 2 aliphatic rings. The summed E-state index contributed by atoms with van der Waals surface area (Å²) in [5, 5.41) is 24.2. The molecule has 0 saturated heterocycles. The predicted octanol–water partition coefficient (Wildman–Crippen LogP) is 4.42. The number of nitrogens with two attached hydrogens (primary N) is 1. The second-order valence-corrected chi connectivity index (χ2v) is 10.7. The number of hydrogen-bond donors (Lipinski definition) is 3. The number of hydroxylamine groups is 2. The van der Waals surface area contributed by atoms with Crippen molar-refractivity contribution in [1.82, 2.24) is 10.1 Å². The van der Waals surface area contributed by atoms with E-state index in [1.54, 1.807) is 16.8 Å². The number of hydrazine groups is 1. The zero-order valence-electron chi connectivity index (χ0n) is 21.1. The number of aryl methyl sites for hydroxylation is 1. The molecule has 0 amide bonds. The number of benzene rings is 1. The van der Waals surface area contributed by atoms with Crippen molar-refractivity contribution in [2.24, 2.45) is 5.84 Å². The molecule has 0 fully saturated rings. The molecule has 32 heavy (non-hydrogen) atoms. The quantitative estimate of drug-likeness (QED) is 0.238. The first-order chi connectivity index (χ1) is 14.9. The van der Waals surface area contributed by atoms with Gasteiger partial charge in [0.1, 0.15) is 18.0 Å². The Balaban J connectivity index is 0.00000114. The van der Waals surface area contributed by atoms with E-state index in [0.29, 0.717) is 19.5 Å². The highest BCUT2D eigenvalue weighted by Crippen LogP contribution is 2.39. The molecule has 0 radical (unpaired) electrons. The van der Waals surface area contributed by atoms with Crippen LogP contribution in [-0.2, 0) is 12.8 Å². The molecule has 0 bridgehead atoms. The van der Waals surface area contributed by atoms with Gasteiger partial charge in [-0.05, 0) is 69.2 Å². The van der Waals surface area contributed by atoms with E-state index in [1.165, 1.54) is 21.9 Å². The number of fused-ring (bicyclic) bond motifs is 1. The Hall–Kier alpha value is -1.09. The average molecular weight is 466 g/mol. The molecule has 7 heteroatoms. The van der Waals surface area contributed by atoms with Crippen molar-refractivity contribution >= 4 is 11.8 Å². The zero-order chi connectivity index (χ0) is 24.3. The molecule has 1 aromatic carbocycles. The third-order valence-corrected chi connectivity index (χ3v) is 6.98. The van der Waals surface area contributed by atoms with Crippen LogP contribution >= 0.6 is 11.8 Å². The highest BCUT2D eigenvalue weighted by molar-refractivity contribution is 7.98. The molecular weight excluding hydrogens is 422 g/mol. The maximum Gasteiger partial charge on any atom is 0.130 e. The summed E-state index contributed by atoms with van der Waals surface area (Å²) in [6.07, 6.45) is 6.04. The topological polar surface area (TPSA) is 82.2 Å². The fourth-order valence-corrected chi connectivity index (χ4v) is 5.14. The van der Waals surface area contributed by atoms with E-state index in [1.807, 2.05) is 27.7 Å². The lowest BCUT2D eigenvalue weighted by Crippen LogP contribution is -2.50. The smallest absolute Gasteiger partial charge is 0.130 e. The molecule has 2 aliphatic heterocycles. The third-order valence-electron chi connectivity index (χ3n) is 6.16. The molecule has 6 nitrogen and oxygen atoms in total. The van der Waals surface area contributed by atoms with Gasteiger partial charge < -0.3 is 15.1 Å². The van der Waals surface area contributed by atoms with Crippen LogP contribution in [0.4, 0.5) is 0 Å². The number of nitrogens with zero attached hydrogens (tertiary/aromatic N) is 2. The lowest BCUT2D eigenvalue weighted by atomic mass is 9.96. The minimum atomic E-state index is -0.696. The summed E-state index contributed by atoms with van der Waals surface area (Å²) in [5.74, 6) is 7.13. The van der Waals surface area contributed by atoms with Crippen molar-refractivity contribution in [2.75, 3.05) is 19.3 Å². The lowest BCUT2D eigenvalue weighted by molar-refractivity contribution is -0.185. The fourth-order valence-electron chi connectivity index (χ4n) is 4.42. The molecule has 0 aliphatic carbocycles. The summed E-state index contributed by atoms with van der Waals surface area (Å²) >= 11 is 1.75. The van der Waals surface area contributed by atoms with Gasteiger partial charge in [0.2, 0.25) is 0 Å². The SMILES string of the molecule is CCC.CCc1cc2c(cc1SC)CC(C(O)CN(N)CC1=CC(C)(C)N(O)C1(C)C)O2. The molecular formula is C25H43N3O3S. The van der Waals surface area contributed by atoms with Crippen molar-refractivity contribution in [3.05, 3.63) is 34.9 Å². The Kier molecular flexibility index (Phi) is 9.24. The van der Waals surface area contributed by atoms with Crippen LogP contribution in [0, 0.1) is 0 Å². The van der Waals surface area contributed by atoms with Crippen molar-refractivity contribution < 1.29 is 15.1 Å². The Morgan fingerprint density at radius 1 is 1.25 bits per heavy atom. The number of aliphatic hydroxyl groups excluding tert-OH is 1. The first-order valence-electron chi connectivity index (χ1n) is 11.7. The van der Waals surface area contributed by atoms with Gasteiger partial charge in [-0.3, -0.25) is 5.84 Å². The van der Waals surface area contributed by atoms with E-state index in [-0.39, 0.29) is 6.10 Å². The van der Waals surface area contributed by atoms with Crippen LogP contribution < -0.4 is 10.6 Å². The Morgan fingerprint density at radius 2 is 1.88 bits per heavy atom. The molecule has 2 heterocycles. The summed E-state index contributed by atoms with van der Waals surface area (Å²) in [7, 11) is 0. The first-order valence-corrected chi connectivity index (χ1v) is 12.9. The van der Waals surface area contributed by atoms with Gasteiger partial charge in [-0.2, -0.15) is 5.06 Å². The minimum Gasteiger partial charge on any atom is -0.487 e. The summed E-state index contributed by atoms with van der Waals surface area (Å²) in [6, 6.07) is 4.30. The number of aliphatic hydroxyl groups is 1. The lowest BCUT2D eigenvalue weighted by Gasteiger charge is -2.37. The van der Waals surface area contributed by atoms with Crippen molar-refractivity contribution in [2.45, 2.75) is 95.9 Å². The average Bonchev–Trinajstić information content (AvgIpc) is 3.20. The van der Waals surface area contributed by atoms with E-state index >= 15 is 0 Å². The van der Waals surface area contributed by atoms with Crippen LogP contribution in [0.25, 0.3) is 0 Å². The van der Waals surface area contributed by atoms with Crippen LogP contribution in [0.1, 0.15) is 66.0 Å². The van der Waals surface area contributed by atoms with Gasteiger partial charge in [0, 0.05) is 24.4 Å². The van der Waals surface area contributed by atoms with Crippen LogP contribution in [0.5, 0.6) is 5.75 Å². The maximum absolute atomic E-state index is 10.8. The second kappa shape index (κ2) is 10.9. The Bertz CT molecular complexity index is 777. The summed E-state index contributed by atoms with van der Waals surface area (Å²) in [6.45, 7) is 15.0. The predicted molar refractivity (Wildman–Crippen MR) is 133 cm³/mol. The third kappa shape index (κ3) is 5.88. The van der Waals surface area contributed by atoms with Crippen LogP contribution in [0.3, 0.4) is 0 Å². The largest absolute Gasteiger partial charge is 0.487 e. The van der Waals surface area contributed by atoms with Crippen LogP contribution in [0.15, 0.2) is 28.7 Å². The zero-order valence-corrected chi connectivity index (χ0v) is 21.9. The highest BCUT2D eigenvalue weighted by atomic mass is 32.2. The number of rotatable bonds is 7. The molecule has 182 valence electrons. The molecule has 0 spiro atoms. The summed E-state index contributed by atoms with van der Waals surface area (Å²) in [4.78, 5) is 1.28. The number of ether oxygens (including phenoxy) is 1. The molecule has 0 aromatic heterocycles. The van der Waals surface area contributed by atoms with Crippen LogP contribution in [-0.4, -0.2) is 63.0 Å². The Morgan fingerprint density at radius 3 is 2.38 bits per heavy atom. The molecule has 0 saturated carbocycles.